The zero-order chi connectivity index (χ0) is 22.7. The molecule has 4 rings (SSSR count). The highest BCUT2D eigenvalue weighted by molar-refractivity contribution is 7.92. The Bertz CT molecular complexity index is 1240. The summed E-state index contributed by atoms with van der Waals surface area (Å²) in [5, 5.41) is 2.83. The molecule has 0 fully saturated rings. The van der Waals surface area contributed by atoms with Crippen LogP contribution in [-0.4, -0.2) is 33.8 Å². The minimum atomic E-state index is -3.52. The standard InChI is InChI=1S/C24H24N2O5S/c1-17-5-3-4-6-19(17)16-26(32(2,28)29)21-10-7-18(8-11-21)24(27)25-20-9-12-22-23(15-20)31-14-13-30-22/h3-12,15H,13-14,16H2,1-2H3,(H,25,27). The van der Waals surface area contributed by atoms with Crippen LogP contribution in [0, 0.1) is 6.92 Å². The molecule has 0 saturated heterocycles. The van der Waals surface area contributed by atoms with Crippen molar-refractivity contribution < 1.29 is 22.7 Å². The van der Waals surface area contributed by atoms with Crippen molar-refractivity contribution in [2.75, 3.05) is 29.1 Å². The average molecular weight is 453 g/mol. The normalized spacial score (nSPS) is 12.8. The summed E-state index contributed by atoms with van der Waals surface area (Å²) in [5.74, 6) is 0.926. The number of hydrogen-bond acceptors (Lipinski definition) is 5. The fourth-order valence-electron chi connectivity index (χ4n) is 3.45. The molecule has 0 aromatic heterocycles. The maximum absolute atomic E-state index is 12.7. The summed E-state index contributed by atoms with van der Waals surface area (Å²) < 4.78 is 37.3. The van der Waals surface area contributed by atoms with Gasteiger partial charge in [-0.1, -0.05) is 24.3 Å². The highest BCUT2D eigenvalue weighted by atomic mass is 32.2. The summed E-state index contributed by atoms with van der Waals surface area (Å²) in [7, 11) is -3.52. The maximum atomic E-state index is 12.7. The molecule has 1 heterocycles. The van der Waals surface area contributed by atoms with Crippen molar-refractivity contribution >= 4 is 27.3 Å². The number of sulfonamides is 1. The Balaban J connectivity index is 1.52. The predicted octanol–water partition coefficient (Wildman–Crippen LogP) is 3.98. The van der Waals surface area contributed by atoms with Crippen molar-refractivity contribution in [2.45, 2.75) is 13.5 Å². The number of carbonyl (C=O) groups is 1. The Labute approximate surface area is 187 Å². The summed E-state index contributed by atoms with van der Waals surface area (Å²) in [6.45, 7) is 3.12. The summed E-state index contributed by atoms with van der Waals surface area (Å²) in [5.41, 5.74) is 3.41. The minimum absolute atomic E-state index is 0.217. The van der Waals surface area contributed by atoms with E-state index in [1.54, 1.807) is 42.5 Å². The van der Waals surface area contributed by atoms with Crippen molar-refractivity contribution in [3.8, 4) is 11.5 Å². The van der Waals surface area contributed by atoms with Crippen LogP contribution in [0.3, 0.4) is 0 Å². The van der Waals surface area contributed by atoms with Crippen LogP contribution in [-0.2, 0) is 16.6 Å². The first-order valence-corrected chi connectivity index (χ1v) is 12.0. The molecule has 7 nitrogen and oxygen atoms in total. The first-order valence-electron chi connectivity index (χ1n) is 10.1. The molecule has 0 saturated carbocycles. The van der Waals surface area contributed by atoms with Gasteiger partial charge >= 0.3 is 0 Å². The van der Waals surface area contributed by atoms with Gasteiger partial charge in [-0.25, -0.2) is 8.42 Å². The topological polar surface area (TPSA) is 84.9 Å². The maximum Gasteiger partial charge on any atom is 0.255 e. The molecule has 0 spiro atoms. The van der Waals surface area contributed by atoms with Gasteiger partial charge in [0.25, 0.3) is 5.91 Å². The molecule has 1 N–H and O–H groups in total. The number of fused-ring (bicyclic) bond motifs is 1. The highest BCUT2D eigenvalue weighted by Crippen LogP contribution is 2.32. The van der Waals surface area contributed by atoms with Crippen LogP contribution in [0.15, 0.2) is 66.7 Å². The van der Waals surface area contributed by atoms with Crippen molar-refractivity contribution in [3.63, 3.8) is 0 Å². The molecule has 8 heteroatoms. The quantitative estimate of drug-likeness (QED) is 0.611. The van der Waals surface area contributed by atoms with Crippen molar-refractivity contribution in [1.82, 2.24) is 0 Å². The van der Waals surface area contributed by atoms with Gasteiger partial charge in [-0.2, -0.15) is 0 Å². The van der Waals surface area contributed by atoms with E-state index >= 15 is 0 Å². The molecule has 0 bridgehead atoms. The first kappa shape index (κ1) is 21.7. The number of benzene rings is 3. The van der Waals surface area contributed by atoms with E-state index in [1.165, 1.54) is 10.6 Å². The fourth-order valence-corrected chi connectivity index (χ4v) is 4.32. The Hall–Kier alpha value is -3.52. The number of hydrogen-bond donors (Lipinski definition) is 1. The second-order valence-corrected chi connectivity index (χ2v) is 9.46. The summed E-state index contributed by atoms with van der Waals surface area (Å²) in [6, 6.07) is 19.4. The van der Waals surface area contributed by atoms with Crippen LogP contribution in [0.2, 0.25) is 0 Å². The van der Waals surface area contributed by atoms with Crippen LogP contribution < -0.4 is 19.1 Å². The number of rotatable bonds is 6. The highest BCUT2D eigenvalue weighted by Gasteiger charge is 2.19. The molecule has 32 heavy (non-hydrogen) atoms. The van der Waals surface area contributed by atoms with Gasteiger partial charge in [0.1, 0.15) is 13.2 Å². The lowest BCUT2D eigenvalue weighted by Gasteiger charge is -2.23. The van der Waals surface area contributed by atoms with Gasteiger partial charge < -0.3 is 14.8 Å². The fraction of sp³-hybridized carbons (Fsp3) is 0.208. The molecule has 0 unspecified atom stereocenters. The number of aryl methyl sites for hydroxylation is 1. The Morgan fingerprint density at radius 3 is 2.34 bits per heavy atom. The van der Waals surface area contributed by atoms with E-state index in [2.05, 4.69) is 5.32 Å². The van der Waals surface area contributed by atoms with Gasteiger partial charge in [0.05, 0.1) is 18.5 Å². The number of ether oxygens (including phenoxy) is 2. The van der Waals surface area contributed by atoms with Crippen molar-refractivity contribution in [1.29, 1.82) is 0 Å². The molecule has 0 atom stereocenters. The van der Waals surface area contributed by atoms with Gasteiger partial charge in [-0.3, -0.25) is 9.10 Å². The molecule has 0 aliphatic carbocycles. The largest absolute Gasteiger partial charge is 0.486 e. The molecule has 1 amide bonds. The SMILES string of the molecule is Cc1ccccc1CN(c1ccc(C(=O)Nc2ccc3c(c2)OCCO3)cc1)S(C)(=O)=O. The summed E-state index contributed by atoms with van der Waals surface area (Å²) in [6.07, 6.45) is 1.17. The van der Waals surface area contributed by atoms with Crippen molar-refractivity contribution in [2.24, 2.45) is 0 Å². The summed E-state index contributed by atoms with van der Waals surface area (Å²) in [4.78, 5) is 12.7. The number of amides is 1. The lowest BCUT2D eigenvalue weighted by Crippen LogP contribution is -2.29. The Morgan fingerprint density at radius 1 is 0.969 bits per heavy atom. The average Bonchev–Trinajstić information content (AvgIpc) is 2.78. The third kappa shape index (κ3) is 4.86. The van der Waals surface area contributed by atoms with Gasteiger partial charge in [0, 0.05) is 17.3 Å². The molecular formula is C24H24N2O5S. The number of nitrogens with one attached hydrogen (secondary N) is 1. The molecule has 0 radical (unpaired) electrons. The third-order valence-corrected chi connectivity index (χ3v) is 6.33. The van der Waals surface area contributed by atoms with Crippen LogP contribution in [0.25, 0.3) is 0 Å². The van der Waals surface area contributed by atoms with E-state index in [0.717, 1.165) is 11.1 Å². The van der Waals surface area contributed by atoms with Crippen LogP contribution in [0.1, 0.15) is 21.5 Å². The lowest BCUT2D eigenvalue weighted by atomic mass is 10.1. The van der Waals surface area contributed by atoms with E-state index in [4.69, 9.17) is 9.47 Å². The second kappa shape index (κ2) is 8.92. The number of carbonyl (C=O) groups excluding carboxylic acids is 1. The van der Waals surface area contributed by atoms with Gasteiger partial charge in [0.15, 0.2) is 11.5 Å². The van der Waals surface area contributed by atoms with E-state index in [9.17, 15) is 13.2 Å². The molecule has 1 aliphatic rings. The van der Waals surface area contributed by atoms with E-state index in [0.29, 0.717) is 41.7 Å². The molecule has 3 aromatic carbocycles. The van der Waals surface area contributed by atoms with Crippen LogP contribution in [0.4, 0.5) is 11.4 Å². The third-order valence-electron chi connectivity index (χ3n) is 5.19. The monoisotopic (exact) mass is 452 g/mol. The molecule has 166 valence electrons. The Kier molecular flexibility index (Phi) is 6.05. The van der Waals surface area contributed by atoms with Gasteiger partial charge in [0.2, 0.25) is 10.0 Å². The number of anilines is 2. The van der Waals surface area contributed by atoms with Gasteiger partial charge in [-0.15, -0.1) is 0 Å². The van der Waals surface area contributed by atoms with Crippen LogP contribution >= 0.6 is 0 Å². The molecule has 1 aliphatic heterocycles. The van der Waals surface area contributed by atoms with Crippen molar-refractivity contribution in [3.05, 3.63) is 83.4 Å². The molecular weight excluding hydrogens is 428 g/mol. The van der Waals surface area contributed by atoms with E-state index in [1.807, 2.05) is 31.2 Å². The van der Waals surface area contributed by atoms with Crippen LogP contribution in [0.5, 0.6) is 11.5 Å². The molecule has 3 aromatic rings. The predicted molar refractivity (Wildman–Crippen MR) is 124 cm³/mol. The van der Waals surface area contributed by atoms with E-state index in [-0.39, 0.29) is 12.5 Å². The minimum Gasteiger partial charge on any atom is -0.486 e. The Morgan fingerprint density at radius 2 is 1.66 bits per heavy atom. The first-order chi connectivity index (χ1) is 15.3. The smallest absolute Gasteiger partial charge is 0.255 e. The zero-order valence-electron chi connectivity index (χ0n) is 17.9. The second-order valence-electron chi connectivity index (χ2n) is 7.56. The van der Waals surface area contributed by atoms with E-state index < -0.39 is 10.0 Å². The lowest BCUT2D eigenvalue weighted by molar-refractivity contribution is 0.102. The zero-order valence-corrected chi connectivity index (χ0v) is 18.7. The number of nitrogens with zero attached hydrogens (tertiary/aromatic N) is 1. The van der Waals surface area contributed by atoms with Gasteiger partial charge in [-0.05, 0) is 54.4 Å². The summed E-state index contributed by atoms with van der Waals surface area (Å²) >= 11 is 0.